The summed E-state index contributed by atoms with van der Waals surface area (Å²) < 4.78 is 0.789. The summed E-state index contributed by atoms with van der Waals surface area (Å²) >= 11 is 4.73. The van der Waals surface area contributed by atoms with Crippen LogP contribution in [0.25, 0.3) is 5.69 Å². The lowest BCUT2D eigenvalue weighted by Crippen LogP contribution is -2.03. The standard InChI is InChI=1S/C13H8BrN3OS/c14-10-6-7-19-13(10)12(18)11-8-15-17(16-11)9-4-2-1-3-5-9/h1-8H. The van der Waals surface area contributed by atoms with Crippen molar-refractivity contribution in [1.29, 1.82) is 0 Å². The molecule has 4 nitrogen and oxygen atoms in total. The van der Waals surface area contributed by atoms with E-state index in [0.717, 1.165) is 10.2 Å². The van der Waals surface area contributed by atoms with E-state index in [1.165, 1.54) is 22.3 Å². The van der Waals surface area contributed by atoms with Crippen molar-refractivity contribution >= 4 is 33.0 Å². The van der Waals surface area contributed by atoms with Gasteiger partial charge >= 0.3 is 0 Å². The van der Waals surface area contributed by atoms with E-state index in [0.29, 0.717) is 10.6 Å². The molecule has 0 spiro atoms. The van der Waals surface area contributed by atoms with Gasteiger partial charge in [-0.1, -0.05) is 18.2 Å². The topological polar surface area (TPSA) is 47.8 Å². The fraction of sp³-hybridized carbons (Fsp3) is 0. The van der Waals surface area contributed by atoms with Crippen LogP contribution < -0.4 is 0 Å². The summed E-state index contributed by atoms with van der Waals surface area (Å²) in [5.74, 6) is -0.121. The van der Waals surface area contributed by atoms with E-state index >= 15 is 0 Å². The lowest BCUT2D eigenvalue weighted by molar-refractivity contribution is 0.103. The minimum absolute atomic E-state index is 0.121. The molecule has 0 N–H and O–H groups in total. The zero-order valence-electron chi connectivity index (χ0n) is 9.65. The Labute approximate surface area is 121 Å². The number of thiophene rings is 1. The van der Waals surface area contributed by atoms with Gasteiger partial charge in [-0.15, -0.1) is 16.4 Å². The van der Waals surface area contributed by atoms with Crippen molar-refractivity contribution in [2.75, 3.05) is 0 Å². The van der Waals surface area contributed by atoms with Crippen LogP contribution in [-0.2, 0) is 0 Å². The quantitative estimate of drug-likeness (QED) is 0.691. The SMILES string of the molecule is O=C(c1cnn(-c2ccccc2)n1)c1sccc1Br. The van der Waals surface area contributed by atoms with E-state index in [1.54, 1.807) is 0 Å². The molecule has 0 fully saturated rings. The first kappa shape index (κ1) is 12.3. The number of carbonyl (C=O) groups excluding carboxylic acids is 1. The average molecular weight is 334 g/mol. The molecule has 3 aromatic rings. The zero-order chi connectivity index (χ0) is 13.2. The van der Waals surface area contributed by atoms with Gasteiger partial charge in [-0.2, -0.15) is 9.90 Å². The second-order valence-electron chi connectivity index (χ2n) is 3.78. The molecule has 0 saturated heterocycles. The maximum absolute atomic E-state index is 12.2. The van der Waals surface area contributed by atoms with Crippen LogP contribution in [0, 0.1) is 0 Å². The van der Waals surface area contributed by atoms with Crippen molar-refractivity contribution in [3.05, 3.63) is 63.0 Å². The molecule has 0 amide bonds. The fourth-order valence-corrected chi connectivity index (χ4v) is 3.12. The van der Waals surface area contributed by atoms with E-state index in [2.05, 4.69) is 26.1 Å². The molecule has 0 atom stereocenters. The van der Waals surface area contributed by atoms with Gasteiger partial charge < -0.3 is 0 Å². The molecule has 0 unspecified atom stereocenters. The van der Waals surface area contributed by atoms with Gasteiger partial charge in [0.25, 0.3) is 0 Å². The summed E-state index contributed by atoms with van der Waals surface area (Å²) in [6, 6.07) is 11.3. The van der Waals surface area contributed by atoms with E-state index in [1.807, 2.05) is 41.8 Å². The van der Waals surface area contributed by atoms with Crippen LogP contribution in [0.4, 0.5) is 0 Å². The van der Waals surface area contributed by atoms with Crippen molar-refractivity contribution < 1.29 is 4.79 Å². The number of para-hydroxylation sites is 1. The minimum Gasteiger partial charge on any atom is -0.286 e. The average Bonchev–Trinajstić information content (AvgIpc) is 3.08. The van der Waals surface area contributed by atoms with Crippen LogP contribution in [0.3, 0.4) is 0 Å². The van der Waals surface area contributed by atoms with Gasteiger partial charge in [-0.3, -0.25) is 4.79 Å². The van der Waals surface area contributed by atoms with Crippen LogP contribution in [-0.4, -0.2) is 20.8 Å². The number of hydrogen-bond acceptors (Lipinski definition) is 4. The summed E-state index contributed by atoms with van der Waals surface area (Å²) in [6.07, 6.45) is 1.49. The first-order valence-corrected chi connectivity index (χ1v) is 7.18. The van der Waals surface area contributed by atoms with Crippen LogP contribution in [0.2, 0.25) is 0 Å². The van der Waals surface area contributed by atoms with Crippen molar-refractivity contribution in [3.8, 4) is 5.69 Å². The molecular weight excluding hydrogens is 326 g/mol. The number of hydrogen-bond donors (Lipinski definition) is 0. The minimum atomic E-state index is -0.121. The van der Waals surface area contributed by atoms with Gasteiger partial charge in [0.05, 0.1) is 16.8 Å². The second-order valence-corrected chi connectivity index (χ2v) is 5.55. The molecule has 0 aliphatic carbocycles. The van der Waals surface area contributed by atoms with Crippen LogP contribution in [0.5, 0.6) is 0 Å². The molecular formula is C13H8BrN3OS. The molecule has 0 aliphatic heterocycles. The van der Waals surface area contributed by atoms with Crippen LogP contribution >= 0.6 is 27.3 Å². The Hall–Kier alpha value is -1.79. The summed E-state index contributed by atoms with van der Waals surface area (Å²) in [6.45, 7) is 0. The van der Waals surface area contributed by atoms with Gasteiger partial charge in [-0.25, -0.2) is 0 Å². The summed E-state index contributed by atoms with van der Waals surface area (Å²) in [5, 5.41) is 10.2. The highest BCUT2D eigenvalue weighted by molar-refractivity contribution is 9.10. The normalized spacial score (nSPS) is 10.6. The Balaban J connectivity index is 1.94. The number of aromatic nitrogens is 3. The number of rotatable bonds is 3. The number of benzene rings is 1. The molecule has 0 aliphatic rings. The van der Waals surface area contributed by atoms with Gasteiger partial charge in [0.15, 0.2) is 5.69 Å². The van der Waals surface area contributed by atoms with Crippen molar-refractivity contribution in [2.45, 2.75) is 0 Å². The Kier molecular flexibility index (Phi) is 3.27. The fourth-order valence-electron chi connectivity index (χ4n) is 1.62. The highest BCUT2D eigenvalue weighted by Crippen LogP contribution is 2.24. The third kappa shape index (κ3) is 2.36. The monoisotopic (exact) mass is 333 g/mol. The van der Waals surface area contributed by atoms with Gasteiger partial charge in [0.2, 0.25) is 5.78 Å². The molecule has 6 heteroatoms. The van der Waals surface area contributed by atoms with E-state index < -0.39 is 0 Å². The molecule has 19 heavy (non-hydrogen) atoms. The number of carbonyl (C=O) groups is 1. The van der Waals surface area contributed by atoms with E-state index in [4.69, 9.17) is 0 Å². The van der Waals surface area contributed by atoms with E-state index in [9.17, 15) is 4.79 Å². The van der Waals surface area contributed by atoms with Crippen LogP contribution in [0.1, 0.15) is 15.4 Å². The van der Waals surface area contributed by atoms with Gasteiger partial charge in [0.1, 0.15) is 0 Å². The number of nitrogens with zero attached hydrogens (tertiary/aromatic N) is 3. The lowest BCUT2D eigenvalue weighted by atomic mass is 10.2. The molecule has 1 aromatic carbocycles. The Morgan fingerprint density at radius 2 is 2.00 bits per heavy atom. The molecule has 0 saturated carbocycles. The maximum atomic E-state index is 12.2. The number of halogens is 1. The van der Waals surface area contributed by atoms with E-state index in [-0.39, 0.29) is 5.78 Å². The molecule has 0 bridgehead atoms. The zero-order valence-corrected chi connectivity index (χ0v) is 12.1. The molecule has 94 valence electrons. The first-order chi connectivity index (χ1) is 9.25. The molecule has 2 heterocycles. The Morgan fingerprint density at radius 1 is 1.21 bits per heavy atom. The third-order valence-corrected chi connectivity index (χ3v) is 4.37. The van der Waals surface area contributed by atoms with Gasteiger partial charge in [-0.05, 0) is 39.5 Å². The Bertz CT molecular complexity index is 720. The highest BCUT2D eigenvalue weighted by Gasteiger charge is 2.17. The highest BCUT2D eigenvalue weighted by atomic mass is 79.9. The second kappa shape index (κ2) is 5.07. The predicted octanol–water partition coefficient (Wildman–Crippen LogP) is 3.32. The van der Waals surface area contributed by atoms with Gasteiger partial charge in [0, 0.05) is 4.47 Å². The smallest absolute Gasteiger partial charge is 0.225 e. The number of ketones is 1. The summed E-state index contributed by atoms with van der Waals surface area (Å²) in [4.78, 5) is 14.3. The molecule has 2 aromatic heterocycles. The molecule has 0 radical (unpaired) electrons. The Morgan fingerprint density at radius 3 is 2.68 bits per heavy atom. The third-order valence-electron chi connectivity index (χ3n) is 2.54. The van der Waals surface area contributed by atoms with Crippen LogP contribution in [0.15, 0.2) is 52.4 Å². The predicted molar refractivity (Wildman–Crippen MR) is 76.8 cm³/mol. The summed E-state index contributed by atoms with van der Waals surface area (Å²) in [5.41, 5.74) is 1.17. The summed E-state index contributed by atoms with van der Waals surface area (Å²) in [7, 11) is 0. The first-order valence-electron chi connectivity index (χ1n) is 5.51. The maximum Gasteiger partial charge on any atom is 0.225 e. The van der Waals surface area contributed by atoms with Crippen molar-refractivity contribution in [3.63, 3.8) is 0 Å². The largest absolute Gasteiger partial charge is 0.286 e. The lowest BCUT2D eigenvalue weighted by Gasteiger charge is -1.97. The molecule has 3 rings (SSSR count). The van der Waals surface area contributed by atoms with Crippen molar-refractivity contribution in [2.24, 2.45) is 0 Å². The van der Waals surface area contributed by atoms with Crippen molar-refractivity contribution in [1.82, 2.24) is 15.0 Å².